The Hall–Kier alpha value is -3.11. The molecule has 0 bridgehead atoms. The number of anilines is 1. The van der Waals surface area contributed by atoms with Gasteiger partial charge in [0.05, 0.1) is 5.52 Å². The number of halogens is 1. The number of hydrogen-bond acceptors (Lipinski definition) is 2. The minimum Gasteiger partial charge on any atom is -0.324 e. The Kier molecular flexibility index (Phi) is 4.88. The zero-order chi connectivity index (χ0) is 19.7. The first-order chi connectivity index (χ1) is 13.5. The highest BCUT2D eigenvalue weighted by molar-refractivity contribution is 6.31. The van der Waals surface area contributed by atoms with Crippen molar-refractivity contribution in [2.24, 2.45) is 0 Å². The molecule has 1 N–H and O–H groups in total. The van der Waals surface area contributed by atoms with E-state index in [1.165, 1.54) is 0 Å². The van der Waals surface area contributed by atoms with Crippen LogP contribution in [0.1, 0.15) is 18.5 Å². The van der Waals surface area contributed by atoms with Crippen LogP contribution in [-0.2, 0) is 4.79 Å². The van der Waals surface area contributed by atoms with Gasteiger partial charge in [0.2, 0.25) is 5.91 Å². The van der Waals surface area contributed by atoms with Crippen LogP contribution in [0.25, 0.3) is 22.2 Å². The van der Waals surface area contributed by atoms with Crippen LogP contribution in [0, 0.1) is 6.92 Å². The van der Waals surface area contributed by atoms with Crippen LogP contribution >= 0.6 is 11.6 Å². The maximum atomic E-state index is 12.9. The first-order valence-electron chi connectivity index (χ1n) is 9.13. The Balaban J connectivity index is 1.73. The summed E-state index contributed by atoms with van der Waals surface area (Å²) in [7, 11) is 0. The maximum absolute atomic E-state index is 12.9. The molecule has 4 nitrogen and oxygen atoms in total. The summed E-state index contributed by atoms with van der Waals surface area (Å²) < 4.78 is 1.76. The second-order valence-corrected chi connectivity index (χ2v) is 7.29. The van der Waals surface area contributed by atoms with E-state index in [9.17, 15) is 4.79 Å². The predicted octanol–water partition coefficient (Wildman–Crippen LogP) is 5.86. The molecule has 4 aromatic rings. The minimum atomic E-state index is -0.484. The Labute approximate surface area is 168 Å². The lowest BCUT2D eigenvalue weighted by atomic mass is 10.1. The molecule has 1 unspecified atom stereocenters. The maximum Gasteiger partial charge on any atom is 0.248 e. The van der Waals surface area contributed by atoms with Gasteiger partial charge in [0.25, 0.3) is 0 Å². The smallest absolute Gasteiger partial charge is 0.248 e. The van der Waals surface area contributed by atoms with Crippen molar-refractivity contribution >= 4 is 34.1 Å². The molecule has 1 aromatic heterocycles. The van der Waals surface area contributed by atoms with Gasteiger partial charge in [-0.2, -0.15) is 5.10 Å². The molecule has 140 valence electrons. The number of hydrogen-bond donors (Lipinski definition) is 1. The first-order valence-corrected chi connectivity index (χ1v) is 9.51. The van der Waals surface area contributed by atoms with Gasteiger partial charge in [-0.15, -0.1) is 0 Å². The Morgan fingerprint density at radius 1 is 1.04 bits per heavy atom. The summed E-state index contributed by atoms with van der Waals surface area (Å²) >= 11 is 6.23. The van der Waals surface area contributed by atoms with Crippen molar-refractivity contribution in [3.63, 3.8) is 0 Å². The van der Waals surface area contributed by atoms with Gasteiger partial charge >= 0.3 is 0 Å². The van der Waals surface area contributed by atoms with Crippen molar-refractivity contribution in [1.29, 1.82) is 0 Å². The van der Waals surface area contributed by atoms with E-state index in [0.29, 0.717) is 5.02 Å². The van der Waals surface area contributed by atoms with Gasteiger partial charge < -0.3 is 5.32 Å². The first kappa shape index (κ1) is 18.3. The number of aryl methyl sites for hydroxylation is 1. The van der Waals surface area contributed by atoms with Crippen molar-refractivity contribution in [2.45, 2.75) is 19.9 Å². The van der Waals surface area contributed by atoms with Crippen LogP contribution in [0.2, 0.25) is 5.02 Å². The van der Waals surface area contributed by atoms with E-state index in [2.05, 4.69) is 5.32 Å². The van der Waals surface area contributed by atoms with Crippen LogP contribution < -0.4 is 5.32 Å². The van der Waals surface area contributed by atoms with E-state index in [0.717, 1.165) is 33.4 Å². The van der Waals surface area contributed by atoms with E-state index >= 15 is 0 Å². The van der Waals surface area contributed by atoms with Crippen LogP contribution in [0.4, 0.5) is 5.69 Å². The molecule has 0 saturated heterocycles. The summed E-state index contributed by atoms with van der Waals surface area (Å²) in [6.45, 7) is 3.86. The Bertz CT molecular complexity index is 1130. The normalized spacial score (nSPS) is 12.1. The number of nitrogens with one attached hydrogen (secondary N) is 1. The predicted molar refractivity (Wildman–Crippen MR) is 115 cm³/mol. The van der Waals surface area contributed by atoms with E-state index in [1.807, 2.05) is 86.6 Å². The molecule has 0 aliphatic heterocycles. The van der Waals surface area contributed by atoms with E-state index < -0.39 is 6.04 Å². The van der Waals surface area contributed by atoms with Crippen LogP contribution in [-0.4, -0.2) is 15.7 Å². The average Bonchev–Trinajstić information content (AvgIpc) is 3.08. The fourth-order valence-electron chi connectivity index (χ4n) is 3.21. The van der Waals surface area contributed by atoms with Gasteiger partial charge in [-0.05, 0) is 44.2 Å². The molecule has 0 radical (unpaired) electrons. The van der Waals surface area contributed by atoms with Crippen LogP contribution in [0.3, 0.4) is 0 Å². The zero-order valence-electron chi connectivity index (χ0n) is 15.7. The number of amides is 1. The molecule has 1 atom stereocenters. The van der Waals surface area contributed by atoms with Gasteiger partial charge in [0.15, 0.2) is 0 Å². The Morgan fingerprint density at radius 2 is 1.75 bits per heavy atom. The number of nitrogens with zero attached hydrogens (tertiary/aromatic N) is 2. The highest BCUT2D eigenvalue weighted by Gasteiger charge is 2.21. The highest BCUT2D eigenvalue weighted by atomic mass is 35.5. The van der Waals surface area contributed by atoms with Crippen molar-refractivity contribution in [3.05, 3.63) is 83.4 Å². The van der Waals surface area contributed by atoms with Crippen LogP contribution in [0.5, 0.6) is 0 Å². The molecule has 0 aliphatic rings. The van der Waals surface area contributed by atoms with E-state index in [4.69, 9.17) is 16.7 Å². The van der Waals surface area contributed by atoms with Gasteiger partial charge in [-0.3, -0.25) is 9.48 Å². The van der Waals surface area contributed by atoms with Crippen molar-refractivity contribution in [3.8, 4) is 11.3 Å². The number of carbonyl (C=O) groups excluding carboxylic acids is 1. The number of benzene rings is 3. The standard InChI is InChI=1S/C23H20ClN3O/c1-15-8-11-19(12-9-15)25-23(28)16(2)27-21-13-10-18(24)14-20(21)22(26-27)17-6-4-3-5-7-17/h3-14,16H,1-2H3,(H,25,28). The summed E-state index contributed by atoms with van der Waals surface area (Å²) in [5.41, 5.74) is 4.58. The summed E-state index contributed by atoms with van der Waals surface area (Å²) in [4.78, 5) is 12.9. The summed E-state index contributed by atoms with van der Waals surface area (Å²) in [6, 6.07) is 22.8. The molecule has 1 heterocycles. The van der Waals surface area contributed by atoms with Crippen molar-refractivity contribution in [2.75, 3.05) is 5.32 Å². The lowest BCUT2D eigenvalue weighted by Gasteiger charge is -2.14. The van der Waals surface area contributed by atoms with Gasteiger partial charge in [-0.25, -0.2) is 0 Å². The lowest BCUT2D eigenvalue weighted by molar-refractivity contribution is -0.118. The van der Waals surface area contributed by atoms with Crippen molar-refractivity contribution < 1.29 is 4.79 Å². The third-order valence-corrected chi connectivity index (χ3v) is 5.02. The molecule has 0 spiro atoms. The number of carbonyl (C=O) groups is 1. The molecule has 1 amide bonds. The number of fused-ring (bicyclic) bond motifs is 1. The summed E-state index contributed by atoms with van der Waals surface area (Å²) in [5.74, 6) is -0.122. The molecule has 0 fully saturated rings. The van der Waals surface area contributed by atoms with E-state index in [1.54, 1.807) is 4.68 Å². The Morgan fingerprint density at radius 3 is 2.46 bits per heavy atom. The van der Waals surface area contributed by atoms with E-state index in [-0.39, 0.29) is 5.91 Å². The summed E-state index contributed by atoms with van der Waals surface area (Å²) in [6.07, 6.45) is 0. The van der Waals surface area contributed by atoms with Gasteiger partial charge in [0.1, 0.15) is 11.7 Å². The quantitative estimate of drug-likeness (QED) is 0.474. The monoisotopic (exact) mass is 389 g/mol. The fraction of sp³-hybridized carbons (Fsp3) is 0.130. The zero-order valence-corrected chi connectivity index (χ0v) is 16.4. The molecular weight excluding hydrogens is 370 g/mol. The second-order valence-electron chi connectivity index (χ2n) is 6.85. The molecule has 4 rings (SSSR count). The van der Waals surface area contributed by atoms with Gasteiger partial charge in [0, 0.05) is 21.7 Å². The molecule has 28 heavy (non-hydrogen) atoms. The number of aromatic nitrogens is 2. The highest BCUT2D eigenvalue weighted by Crippen LogP contribution is 2.32. The lowest BCUT2D eigenvalue weighted by Crippen LogP contribution is -2.24. The SMILES string of the molecule is Cc1ccc(NC(=O)C(C)n2nc(-c3ccccc3)c3cc(Cl)ccc32)cc1. The van der Waals surface area contributed by atoms with Crippen molar-refractivity contribution in [1.82, 2.24) is 9.78 Å². The molecule has 5 heteroatoms. The molecule has 0 aliphatic carbocycles. The molecule has 3 aromatic carbocycles. The minimum absolute atomic E-state index is 0.122. The molecular formula is C23H20ClN3O. The van der Waals surface area contributed by atoms with Gasteiger partial charge in [-0.1, -0.05) is 59.6 Å². The van der Waals surface area contributed by atoms with Crippen LogP contribution in [0.15, 0.2) is 72.8 Å². The molecule has 0 saturated carbocycles. The number of rotatable bonds is 4. The topological polar surface area (TPSA) is 46.9 Å². The fourth-order valence-corrected chi connectivity index (χ4v) is 3.38. The third kappa shape index (κ3) is 3.51. The summed E-state index contributed by atoms with van der Waals surface area (Å²) in [5, 5.41) is 9.31. The average molecular weight is 390 g/mol. The third-order valence-electron chi connectivity index (χ3n) is 4.78. The second kappa shape index (κ2) is 7.49. The largest absolute Gasteiger partial charge is 0.324 e.